The molecule has 1 heterocycles. The molecule has 1 saturated heterocycles. The van der Waals surface area contributed by atoms with Crippen LogP contribution >= 0.6 is 27.5 Å². The summed E-state index contributed by atoms with van der Waals surface area (Å²) < 4.78 is 15.2. The second-order valence-electron chi connectivity index (χ2n) is 5.29. The maximum atomic E-state index is 14.5. The predicted molar refractivity (Wildman–Crippen MR) is 82.2 cm³/mol. The Morgan fingerprint density at radius 3 is 2.89 bits per heavy atom. The Kier molecular flexibility index (Phi) is 5.27. The number of nitrogens with one attached hydrogen (secondary N) is 1. The Morgan fingerprint density at radius 1 is 1.37 bits per heavy atom. The molecule has 1 N–H and O–H groups in total. The number of rotatable bonds is 3. The van der Waals surface area contributed by atoms with Crippen LogP contribution in [0, 0.1) is 5.82 Å². The van der Waals surface area contributed by atoms with Crippen molar-refractivity contribution >= 4 is 27.5 Å². The number of hydrogen-bond donors (Lipinski definition) is 1. The maximum absolute atomic E-state index is 14.5. The van der Waals surface area contributed by atoms with Gasteiger partial charge in [-0.25, -0.2) is 4.39 Å². The molecule has 0 amide bonds. The molecule has 0 bridgehead atoms. The molecular formula is C15H20BrClFN. The average molecular weight is 349 g/mol. The van der Waals surface area contributed by atoms with Gasteiger partial charge in [0.1, 0.15) is 5.82 Å². The highest BCUT2D eigenvalue weighted by molar-refractivity contribution is 9.10. The number of hydrogen-bond acceptors (Lipinski definition) is 1. The normalized spacial score (nSPS) is 24.2. The third-order valence-electron chi connectivity index (χ3n) is 3.97. The summed E-state index contributed by atoms with van der Waals surface area (Å²) in [4.78, 5) is 0. The van der Waals surface area contributed by atoms with E-state index in [1.807, 2.05) is 12.1 Å². The summed E-state index contributed by atoms with van der Waals surface area (Å²) in [6.45, 7) is 3.10. The molecule has 1 aliphatic rings. The molecule has 0 aliphatic carbocycles. The lowest BCUT2D eigenvalue weighted by molar-refractivity contribution is 0.286. The van der Waals surface area contributed by atoms with Crippen molar-refractivity contribution in [1.82, 2.24) is 5.32 Å². The fourth-order valence-electron chi connectivity index (χ4n) is 3.04. The standard InChI is InChI=1S/C15H20BrClFN/c1-2-8-15(9-4-3-5-10-19-15)11-6-7-12(16)13(17)14(11)18/h6-7,19H,2-5,8-10H2,1H3. The average Bonchev–Trinajstić information content (AvgIpc) is 2.63. The fraction of sp³-hybridized carbons (Fsp3) is 0.600. The van der Waals surface area contributed by atoms with Gasteiger partial charge in [-0.3, -0.25) is 0 Å². The highest BCUT2D eigenvalue weighted by atomic mass is 79.9. The maximum Gasteiger partial charge on any atom is 0.147 e. The van der Waals surface area contributed by atoms with Crippen LogP contribution in [0.2, 0.25) is 5.02 Å². The lowest BCUT2D eigenvalue weighted by Crippen LogP contribution is -2.42. The minimum atomic E-state index is -0.279. The van der Waals surface area contributed by atoms with Crippen molar-refractivity contribution in [1.29, 1.82) is 0 Å². The van der Waals surface area contributed by atoms with Crippen molar-refractivity contribution in [2.75, 3.05) is 6.54 Å². The topological polar surface area (TPSA) is 12.0 Å². The van der Waals surface area contributed by atoms with Crippen molar-refractivity contribution in [3.63, 3.8) is 0 Å². The van der Waals surface area contributed by atoms with Crippen LogP contribution in [-0.4, -0.2) is 6.54 Å². The van der Waals surface area contributed by atoms with Gasteiger partial charge in [-0.05, 0) is 47.8 Å². The molecule has 0 radical (unpaired) electrons. The zero-order chi connectivity index (χ0) is 13.9. The first-order valence-electron chi connectivity index (χ1n) is 7.00. The molecule has 19 heavy (non-hydrogen) atoms. The van der Waals surface area contributed by atoms with E-state index in [2.05, 4.69) is 28.2 Å². The fourth-order valence-corrected chi connectivity index (χ4v) is 3.52. The molecule has 1 aliphatic heterocycles. The van der Waals surface area contributed by atoms with Gasteiger partial charge in [0.2, 0.25) is 0 Å². The van der Waals surface area contributed by atoms with Crippen molar-refractivity contribution in [3.8, 4) is 0 Å². The Morgan fingerprint density at radius 2 is 2.16 bits per heavy atom. The smallest absolute Gasteiger partial charge is 0.147 e. The summed E-state index contributed by atoms with van der Waals surface area (Å²) in [5.41, 5.74) is 0.476. The van der Waals surface area contributed by atoms with Crippen molar-refractivity contribution in [2.24, 2.45) is 0 Å². The van der Waals surface area contributed by atoms with Gasteiger partial charge in [0, 0.05) is 15.6 Å². The van der Waals surface area contributed by atoms with Crippen molar-refractivity contribution in [2.45, 2.75) is 51.0 Å². The summed E-state index contributed by atoms with van der Waals surface area (Å²) in [6.07, 6.45) is 6.47. The van der Waals surface area contributed by atoms with Crippen molar-refractivity contribution in [3.05, 3.63) is 33.0 Å². The third kappa shape index (κ3) is 3.14. The van der Waals surface area contributed by atoms with E-state index in [1.165, 1.54) is 6.42 Å². The van der Waals surface area contributed by atoms with E-state index in [0.717, 1.165) is 44.2 Å². The predicted octanol–water partition coefficient (Wildman–Crippen LogP) is 5.40. The highest BCUT2D eigenvalue weighted by Gasteiger charge is 2.34. The Hall–Kier alpha value is -0.120. The Labute approximate surface area is 128 Å². The highest BCUT2D eigenvalue weighted by Crippen LogP contribution is 2.39. The summed E-state index contributed by atoms with van der Waals surface area (Å²) in [7, 11) is 0. The van der Waals surface area contributed by atoms with Crippen LogP contribution in [0.25, 0.3) is 0 Å². The van der Waals surface area contributed by atoms with Crippen LogP contribution in [0.15, 0.2) is 16.6 Å². The largest absolute Gasteiger partial charge is 0.307 e. The third-order valence-corrected chi connectivity index (χ3v) is 5.23. The van der Waals surface area contributed by atoms with E-state index in [9.17, 15) is 4.39 Å². The quantitative estimate of drug-likeness (QED) is 0.721. The summed E-state index contributed by atoms with van der Waals surface area (Å²) in [6, 6.07) is 3.73. The van der Waals surface area contributed by atoms with E-state index < -0.39 is 0 Å². The molecule has 1 aromatic carbocycles. The molecule has 106 valence electrons. The van der Waals surface area contributed by atoms with Gasteiger partial charge in [-0.15, -0.1) is 0 Å². The van der Waals surface area contributed by atoms with Crippen LogP contribution in [0.3, 0.4) is 0 Å². The lowest BCUT2D eigenvalue weighted by Gasteiger charge is -2.35. The number of halogens is 3. The van der Waals surface area contributed by atoms with Gasteiger partial charge < -0.3 is 5.32 Å². The van der Waals surface area contributed by atoms with E-state index in [4.69, 9.17) is 11.6 Å². The van der Waals surface area contributed by atoms with Crippen LogP contribution in [0.5, 0.6) is 0 Å². The minimum absolute atomic E-state index is 0.194. The van der Waals surface area contributed by atoms with Crippen LogP contribution in [0.4, 0.5) is 4.39 Å². The summed E-state index contributed by atoms with van der Waals surface area (Å²) in [5.74, 6) is -0.279. The lowest BCUT2D eigenvalue weighted by atomic mass is 9.81. The van der Waals surface area contributed by atoms with E-state index >= 15 is 0 Å². The van der Waals surface area contributed by atoms with Gasteiger partial charge in [0.05, 0.1) is 5.02 Å². The first-order valence-corrected chi connectivity index (χ1v) is 8.17. The first-order chi connectivity index (χ1) is 9.10. The molecule has 1 unspecified atom stereocenters. The van der Waals surface area contributed by atoms with Gasteiger partial charge in [0.15, 0.2) is 0 Å². The van der Waals surface area contributed by atoms with Gasteiger partial charge in [-0.1, -0.05) is 43.9 Å². The first kappa shape index (κ1) is 15.3. The molecule has 2 rings (SSSR count). The molecule has 1 atom stereocenters. The Balaban J connectivity index is 2.46. The van der Waals surface area contributed by atoms with E-state index in [0.29, 0.717) is 4.47 Å². The molecule has 0 aromatic heterocycles. The SMILES string of the molecule is CCCC1(c2ccc(Br)c(Cl)c2F)CCCCCN1. The van der Waals surface area contributed by atoms with Crippen molar-refractivity contribution < 1.29 is 4.39 Å². The second-order valence-corrected chi connectivity index (χ2v) is 6.52. The second kappa shape index (κ2) is 6.55. The van der Waals surface area contributed by atoms with Gasteiger partial charge in [0.25, 0.3) is 0 Å². The molecule has 0 spiro atoms. The molecule has 1 nitrogen and oxygen atoms in total. The van der Waals surface area contributed by atoms with Crippen LogP contribution in [-0.2, 0) is 5.54 Å². The molecule has 1 fully saturated rings. The van der Waals surface area contributed by atoms with E-state index in [-0.39, 0.29) is 16.4 Å². The Bertz CT molecular complexity index is 442. The van der Waals surface area contributed by atoms with E-state index in [1.54, 1.807) is 0 Å². The minimum Gasteiger partial charge on any atom is -0.307 e. The molecule has 1 aromatic rings. The molecule has 0 saturated carbocycles. The van der Waals surface area contributed by atoms with Gasteiger partial charge in [-0.2, -0.15) is 0 Å². The zero-order valence-corrected chi connectivity index (χ0v) is 13.6. The summed E-state index contributed by atoms with van der Waals surface area (Å²) >= 11 is 9.34. The van der Waals surface area contributed by atoms with Crippen LogP contribution < -0.4 is 5.32 Å². The van der Waals surface area contributed by atoms with Crippen LogP contribution in [0.1, 0.15) is 51.0 Å². The molecular weight excluding hydrogens is 329 g/mol. The zero-order valence-electron chi connectivity index (χ0n) is 11.2. The molecule has 4 heteroatoms. The van der Waals surface area contributed by atoms with Gasteiger partial charge >= 0.3 is 0 Å². The monoisotopic (exact) mass is 347 g/mol. The number of benzene rings is 1. The summed E-state index contributed by atoms with van der Waals surface area (Å²) in [5, 5.41) is 3.78.